The first-order chi connectivity index (χ1) is 14.2. The number of nitrogens with one attached hydrogen (secondary N) is 1. The van der Waals surface area contributed by atoms with Crippen molar-refractivity contribution in [2.75, 3.05) is 10.7 Å². The third-order valence-electron chi connectivity index (χ3n) is 4.56. The molecule has 5 rings (SSSR count). The smallest absolute Gasteiger partial charge is 0.181 e. The fraction of sp³-hybridized carbons (Fsp3) is 0.100. The molecule has 2 aromatic carbocycles. The molecule has 3 heterocycles. The molecule has 1 aliphatic heterocycles. The quantitative estimate of drug-likeness (QED) is 0.352. The summed E-state index contributed by atoms with van der Waals surface area (Å²) in [5.74, 6) is 0.683. The van der Waals surface area contributed by atoms with Crippen LogP contribution in [0.5, 0.6) is 0 Å². The average Bonchev–Trinajstić information content (AvgIpc) is 3.21. The van der Waals surface area contributed by atoms with Gasteiger partial charge in [0.2, 0.25) is 0 Å². The predicted molar refractivity (Wildman–Crippen MR) is 120 cm³/mol. The highest BCUT2D eigenvalue weighted by atomic mass is 79.9. The van der Waals surface area contributed by atoms with E-state index in [1.165, 1.54) is 6.33 Å². The lowest BCUT2D eigenvalue weighted by molar-refractivity contribution is 0.738. The number of anilines is 1. The molecule has 1 aliphatic rings. The van der Waals surface area contributed by atoms with Crippen LogP contribution in [-0.2, 0) is 0 Å². The third-order valence-corrected chi connectivity index (χ3v) is 6.43. The van der Waals surface area contributed by atoms with E-state index in [2.05, 4.69) is 53.0 Å². The topological polar surface area (TPSA) is 70.1 Å². The Bertz CT molecular complexity index is 1320. The van der Waals surface area contributed by atoms with Gasteiger partial charge < -0.3 is 9.88 Å². The average molecular weight is 486 g/mol. The van der Waals surface area contributed by atoms with Gasteiger partial charge in [-0.05, 0) is 30.3 Å². The number of halogens is 2. The van der Waals surface area contributed by atoms with Crippen LogP contribution in [0, 0.1) is 0 Å². The molecule has 0 bridgehead atoms. The van der Waals surface area contributed by atoms with Gasteiger partial charge in [-0.2, -0.15) is 0 Å². The Hall–Kier alpha value is -2.42. The lowest BCUT2D eigenvalue weighted by Crippen LogP contribution is -2.43. The Morgan fingerprint density at radius 2 is 2.03 bits per heavy atom. The van der Waals surface area contributed by atoms with Crippen LogP contribution in [0.1, 0.15) is 0 Å². The Kier molecular flexibility index (Phi) is 4.99. The summed E-state index contributed by atoms with van der Waals surface area (Å²) in [4.78, 5) is 23.0. The summed E-state index contributed by atoms with van der Waals surface area (Å²) in [5.41, 5.74) is 2.42. The number of aromatic amines is 1. The molecule has 144 valence electrons. The van der Waals surface area contributed by atoms with Crippen molar-refractivity contribution in [3.05, 3.63) is 75.2 Å². The SMILES string of the molecule is Clc1ccccc1N1C=c2cc(Br)ccc2=NC1CSc1ncnc2nc[nH]c12. The van der Waals surface area contributed by atoms with Crippen LogP contribution in [0.4, 0.5) is 5.69 Å². The first-order valence-corrected chi connectivity index (χ1v) is 11.0. The second-order valence-corrected chi connectivity index (χ2v) is 8.72. The molecule has 0 fully saturated rings. The fourth-order valence-corrected chi connectivity index (χ4v) is 4.79. The molecule has 2 aromatic heterocycles. The molecule has 1 atom stereocenters. The van der Waals surface area contributed by atoms with Gasteiger partial charge in [0, 0.05) is 21.6 Å². The van der Waals surface area contributed by atoms with Crippen LogP contribution in [0.15, 0.2) is 69.6 Å². The number of imidazole rings is 1. The Labute approximate surface area is 183 Å². The van der Waals surface area contributed by atoms with E-state index in [1.807, 2.05) is 36.4 Å². The minimum atomic E-state index is -0.137. The molecular weight excluding hydrogens is 472 g/mol. The maximum atomic E-state index is 6.51. The van der Waals surface area contributed by atoms with Crippen molar-refractivity contribution in [1.29, 1.82) is 0 Å². The third kappa shape index (κ3) is 3.63. The molecule has 0 radical (unpaired) electrons. The van der Waals surface area contributed by atoms with E-state index < -0.39 is 0 Å². The molecule has 0 amide bonds. The minimum absolute atomic E-state index is 0.137. The van der Waals surface area contributed by atoms with Crippen LogP contribution in [0.25, 0.3) is 17.4 Å². The number of para-hydroxylation sites is 1. The highest BCUT2D eigenvalue weighted by molar-refractivity contribution is 9.10. The van der Waals surface area contributed by atoms with Gasteiger partial charge in [-0.3, -0.25) is 4.99 Å². The molecule has 0 saturated carbocycles. The molecule has 0 spiro atoms. The van der Waals surface area contributed by atoms with Gasteiger partial charge in [-0.1, -0.05) is 51.4 Å². The van der Waals surface area contributed by atoms with Crippen molar-refractivity contribution in [1.82, 2.24) is 19.9 Å². The van der Waals surface area contributed by atoms with Crippen molar-refractivity contribution in [3.63, 3.8) is 0 Å². The zero-order valence-corrected chi connectivity index (χ0v) is 18.1. The maximum absolute atomic E-state index is 6.51. The number of benzene rings is 2. The Balaban J connectivity index is 1.54. The van der Waals surface area contributed by atoms with Crippen molar-refractivity contribution >= 4 is 62.3 Å². The lowest BCUT2D eigenvalue weighted by atomic mass is 10.2. The van der Waals surface area contributed by atoms with Crippen LogP contribution in [0.2, 0.25) is 5.02 Å². The molecule has 0 saturated heterocycles. The number of H-pyrrole nitrogens is 1. The molecule has 9 heteroatoms. The monoisotopic (exact) mass is 484 g/mol. The summed E-state index contributed by atoms with van der Waals surface area (Å²) in [6, 6.07) is 13.9. The van der Waals surface area contributed by atoms with E-state index in [0.717, 1.165) is 31.3 Å². The van der Waals surface area contributed by atoms with Crippen molar-refractivity contribution in [2.24, 2.45) is 4.99 Å². The number of aromatic nitrogens is 4. The predicted octanol–water partition coefficient (Wildman–Crippen LogP) is 3.77. The van der Waals surface area contributed by atoms with E-state index in [9.17, 15) is 0 Å². The van der Waals surface area contributed by atoms with Crippen LogP contribution in [0.3, 0.4) is 0 Å². The molecule has 1 unspecified atom stereocenters. The normalized spacial score (nSPS) is 15.7. The second kappa shape index (κ2) is 7.78. The van der Waals surface area contributed by atoms with Crippen molar-refractivity contribution in [2.45, 2.75) is 11.2 Å². The molecular formula is C20H14BrClN6S. The zero-order valence-electron chi connectivity index (χ0n) is 15.0. The van der Waals surface area contributed by atoms with Gasteiger partial charge in [0.05, 0.1) is 22.4 Å². The minimum Gasteiger partial charge on any atom is -0.341 e. The van der Waals surface area contributed by atoms with Crippen molar-refractivity contribution < 1.29 is 0 Å². The van der Waals surface area contributed by atoms with E-state index in [1.54, 1.807) is 18.1 Å². The van der Waals surface area contributed by atoms with Gasteiger partial charge >= 0.3 is 0 Å². The first kappa shape index (κ1) is 18.6. The van der Waals surface area contributed by atoms with Crippen LogP contribution >= 0.6 is 39.3 Å². The fourth-order valence-electron chi connectivity index (χ4n) is 3.22. The molecule has 6 nitrogen and oxygen atoms in total. The second-order valence-electron chi connectivity index (χ2n) is 6.39. The van der Waals surface area contributed by atoms with Crippen molar-refractivity contribution in [3.8, 4) is 0 Å². The summed E-state index contributed by atoms with van der Waals surface area (Å²) in [6.45, 7) is 0. The Morgan fingerprint density at radius 1 is 1.14 bits per heavy atom. The summed E-state index contributed by atoms with van der Waals surface area (Å²) in [6.07, 6.45) is 5.13. The van der Waals surface area contributed by atoms with E-state index >= 15 is 0 Å². The number of rotatable bonds is 4. The van der Waals surface area contributed by atoms with Gasteiger partial charge in [0.25, 0.3) is 0 Å². The summed E-state index contributed by atoms with van der Waals surface area (Å²) < 4.78 is 1.01. The van der Waals surface area contributed by atoms with E-state index in [4.69, 9.17) is 16.6 Å². The number of hydrogen-bond donors (Lipinski definition) is 1. The molecule has 29 heavy (non-hydrogen) atoms. The van der Waals surface area contributed by atoms with Gasteiger partial charge in [0.1, 0.15) is 23.0 Å². The summed E-state index contributed by atoms with van der Waals surface area (Å²) in [7, 11) is 0. The lowest BCUT2D eigenvalue weighted by Gasteiger charge is -2.30. The molecule has 0 aliphatic carbocycles. The number of thioether (sulfide) groups is 1. The molecule has 4 aromatic rings. The number of fused-ring (bicyclic) bond motifs is 2. The summed E-state index contributed by atoms with van der Waals surface area (Å²) >= 11 is 11.7. The number of nitrogens with zero attached hydrogens (tertiary/aromatic N) is 5. The number of hydrogen-bond acceptors (Lipinski definition) is 6. The van der Waals surface area contributed by atoms with Gasteiger partial charge in [0.15, 0.2) is 5.65 Å². The highest BCUT2D eigenvalue weighted by Crippen LogP contribution is 2.31. The van der Waals surface area contributed by atoms with Crippen LogP contribution in [-0.4, -0.2) is 31.9 Å². The largest absolute Gasteiger partial charge is 0.341 e. The van der Waals surface area contributed by atoms with Crippen LogP contribution < -0.4 is 15.5 Å². The Morgan fingerprint density at radius 3 is 2.93 bits per heavy atom. The van der Waals surface area contributed by atoms with Gasteiger partial charge in [-0.15, -0.1) is 0 Å². The van der Waals surface area contributed by atoms with E-state index in [-0.39, 0.29) is 6.17 Å². The van der Waals surface area contributed by atoms with E-state index in [0.29, 0.717) is 16.4 Å². The zero-order chi connectivity index (χ0) is 19.8. The highest BCUT2D eigenvalue weighted by Gasteiger charge is 2.22. The summed E-state index contributed by atoms with van der Waals surface area (Å²) in [5, 5.41) is 3.53. The van der Waals surface area contributed by atoms with Gasteiger partial charge in [-0.25, -0.2) is 15.0 Å². The standard InChI is InChI=1S/C20H14BrClN6S/c21-13-5-6-15-12(7-13)8-28(16-4-2-1-3-14(16)22)17(27-15)9-29-20-18-19(24-10-23-18)25-11-26-20/h1-8,10-11,17H,9H2,(H,23,24,25,26). The first-order valence-electron chi connectivity index (χ1n) is 8.84. The maximum Gasteiger partial charge on any atom is 0.181 e. The molecule has 1 N–H and O–H groups in total.